The summed E-state index contributed by atoms with van der Waals surface area (Å²) in [4.78, 5) is 0. The van der Waals surface area contributed by atoms with Crippen LogP contribution in [0, 0.1) is 10.8 Å². The minimum absolute atomic E-state index is 0.0294. The molecule has 3 aliphatic rings. The summed E-state index contributed by atoms with van der Waals surface area (Å²) in [6.07, 6.45) is 12.0. The van der Waals surface area contributed by atoms with Crippen LogP contribution >= 0.6 is 0 Å². The lowest BCUT2D eigenvalue weighted by Gasteiger charge is -2.46. The lowest BCUT2D eigenvalue weighted by Crippen LogP contribution is -2.58. The highest BCUT2D eigenvalue weighted by atomic mass is 16.5. The van der Waals surface area contributed by atoms with Gasteiger partial charge in [0.05, 0.1) is 6.61 Å². The Labute approximate surface area is 112 Å². The maximum atomic E-state index is 6.41. The highest BCUT2D eigenvalue weighted by Crippen LogP contribution is 2.45. The van der Waals surface area contributed by atoms with Gasteiger partial charge < -0.3 is 4.74 Å². The van der Waals surface area contributed by atoms with Gasteiger partial charge in [0.1, 0.15) is 5.72 Å². The molecule has 2 spiro atoms. The van der Waals surface area contributed by atoms with Crippen molar-refractivity contribution in [1.82, 2.24) is 5.32 Å². The largest absolute Gasteiger partial charge is 0.360 e. The Hall–Kier alpha value is -0.0800. The first-order valence-corrected chi connectivity index (χ1v) is 7.92. The Morgan fingerprint density at radius 3 is 2.28 bits per heavy atom. The van der Waals surface area contributed by atoms with Crippen molar-refractivity contribution in [3.05, 3.63) is 0 Å². The van der Waals surface area contributed by atoms with Crippen molar-refractivity contribution >= 4 is 0 Å². The van der Waals surface area contributed by atoms with E-state index in [0.717, 1.165) is 6.61 Å². The van der Waals surface area contributed by atoms with Gasteiger partial charge in [0, 0.05) is 12.0 Å². The van der Waals surface area contributed by atoms with E-state index >= 15 is 0 Å². The molecule has 1 heterocycles. The van der Waals surface area contributed by atoms with E-state index in [9.17, 15) is 0 Å². The number of rotatable bonds is 0. The summed E-state index contributed by atoms with van der Waals surface area (Å²) in [7, 11) is 0. The summed E-state index contributed by atoms with van der Waals surface area (Å²) in [5, 5.41) is 3.82. The predicted octanol–water partition coefficient (Wildman–Crippen LogP) is 3.85. The van der Waals surface area contributed by atoms with Gasteiger partial charge in [-0.2, -0.15) is 0 Å². The average molecular weight is 251 g/mol. The Morgan fingerprint density at radius 2 is 1.61 bits per heavy atom. The molecule has 3 rings (SSSR count). The van der Waals surface area contributed by atoms with Gasteiger partial charge in [-0.3, -0.25) is 5.32 Å². The van der Waals surface area contributed by atoms with Crippen molar-refractivity contribution in [1.29, 1.82) is 0 Å². The number of ether oxygens (including phenoxy) is 1. The third-order valence-corrected chi connectivity index (χ3v) is 5.74. The van der Waals surface area contributed by atoms with Gasteiger partial charge in [-0.15, -0.1) is 0 Å². The second-order valence-electron chi connectivity index (χ2n) is 7.86. The van der Waals surface area contributed by atoms with Gasteiger partial charge in [0.25, 0.3) is 0 Å². The molecule has 2 heteroatoms. The van der Waals surface area contributed by atoms with Crippen LogP contribution in [0.3, 0.4) is 0 Å². The van der Waals surface area contributed by atoms with Crippen LogP contribution in [0.4, 0.5) is 0 Å². The van der Waals surface area contributed by atoms with Crippen LogP contribution in [-0.2, 0) is 4.74 Å². The summed E-state index contributed by atoms with van der Waals surface area (Å²) in [6, 6.07) is 0. The van der Waals surface area contributed by atoms with E-state index in [0.29, 0.717) is 10.8 Å². The summed E-state index contributed by atoms with van der Waals surface area (Å²) >= 11 is 0. The minimum Gasteiger partial charge on any atom is -0.360 e. The normalized spacial score (nSPS) is 39.0. The molecule has 1 saturated heterocycles. The lowest BCUT2D eigenvalue weighted by atomic mass is 9.83. The van der Waals surface area contributed by atoms with Crippen molar-refractivity contribution in [3.63, 3.8) is 0 Å². The van der Waals surface area contributed by atoms with Gasteiger partial charge in [0.2, 0.25) is 0 Å². The van der Waals surface area contributed by atoms with E-state index in [1.54, 1.807) is 0 Å². The van der Waals surface area contributed by atoms with Gasteiger partial charge >= 0.3 is 0 Å². The predicted molar refractivity (Wildman–Crippen MR) is 74.5 cm³/mol. The molecule has 1 unspecified atom stereocenters. The van der Waals surface area contributed by atoms with Crippen molar-refractivity contribution in [2.45, 2.75) is 77.4 Å². The first-order valence-electron chi connectivity index (χ1n) is 7.92. The quantitative estimate of drug-likeness (QED) is 0.706. The average Bonchev–Trinajstić information content (AvgIpc) is 2.74. The minimum atomic E-state index is 0.0294. The van der Waals surface area contributed by atoms with Crippen LogP contribution in [0.1, 0.15) is 71.6 Å². The standard InChI is InChI=1S/C16H29NO/c1-14(2)6-5-9-16(11-10-14)17-12-15(13-18-16)7-3-4-8-15/h17H,3-13H2,1-2H3. The Morgan fingerprint density at radius 1 is 0.833 bits per heavy atom. The highest BCUT2D eigenvalue weighted by molar-refractivity contribution is 4.96. The summed E-state index contributed by atoms with van der Waals surface area (Å²) in [6.45, 7) is 7.04. The molecule has 0 amide bonds. The second kappa shape index (κ2) is 4.49. The number of hydrogen-bond donors (Lipinski definition) is 1. The fraction of sp³-hybridized carbons (Fsp3) is 1.00. The smallest absolute Gasteiger partial charge is 0.119 e. The van der Waals surface area contributed by atoms with Crippen LogP contribution in [0.5, 0.6) is 0 Å². The van der Waals surface area contributed by atoms with Crippen molar-refractivity contribution in [2.24, 2.45) is 10.8 Å². The Balaban J connectivity index is 1.63. The fourth-order valence-electron chi connectivity index (χ4n) is 4.15. The topological polar surface area (TPSA) is 21.3 Å². The molecular weight excluding hydrogens is 222 g/mol. The zero-order valence-corrected chi connectivity index (χ0v) is 12.2. The number of hydrogen-bond acceptors (Lipinski definition) is 2. The second-order valence-corrected chi connectivity index (χ2v) is 7.86. The van der Waals surface area contributed by atoms with E-state index in [1.165, 1.54) is 64.3 Å². The lowest BCUT2D eigenvalue weighted by molar-refractivity contribution is -0.151. The van der Waals surface area contributed by atoms with Crippen molar-refractivity contribution in [2.75, 3.05) is 13.2 Å². The Kier molecular flexibility index (Phi) is 3.22. The zero-order chi connectivity index (χ0) is 12.7. The van der Waals surface area contributed by atoms with Crippen molar-refractivity contribution in [3.8, 4) is 0 Å². The Bertz CT molecular complexity index is 294. The SMILES string of the molecule is CC1(C)CCCC2(CC1)NCC1(CCCC1)CO2. The van der Waals surface area contributed by atoms with Crippen LogP contribution in [-0.4, -0.2) is 18.9 Å². The molecule has 1 aliphatic heterocycles. The zero-order valence-electron chi connectivity index (χ0n) is 12.2. The highest BCUT2D eigenvalue weighted by Gasteiger charge is 2.45. The van der Waals surface area contributed by atoms with E-state index < -0.39 is 0 Å². The molecule has 104 valence electrons. The summed E-state index contributed by atoms with van der Waals surface area (Å²) in [5.74, 6) is 0. The van der Waals surface area contributed by atoms with Gasteiger partial charge in [0.15, 0.2) is 0 Å². The molecular formula is C16H29NO. The first-order chi connectivity index (χ1) is 8.54. The maximum Gasteiger partial charge on any atom is 0.119 e. The molecule has 3 fully saturated rings. The fourth-order valence-corrected chi connectivity index (χ4v) is 4.15. The molecule has 2 saturated carbocycles. The summed E-state index contributed by atoms with van der Waals surface area (Å²) < 4.78 is 6.41. The van der Waals surface area contributed by atoms with Crippen LogP contribution in [0.2, 0.25) is 0 Å². The monoisotopic (exact) mass is 251 g/mol. The maximum absolute atomic E-state index is 6.41. The van der Waals surface area contributed by atoms with Crippen LogP contribution < -0.4 is 5.32 Å². The molecule has 0 bridgehead atoms. The molecule has 0 aromatic rings. The molecule has 0 radical (unpaired) electrons. The molecule has 2 nitrogen and oxygen atoms in total. The molecule has 0 aromatic heterocycles. The number of nitrogens with one attached hydrogen (secondary N) is 1. The third kappa shape index (κ3) is 2.46. The van der Waals surface area contributed by atoms with E-state index in [-0.39, 0.29) is 5.72 Å². The molecule has 2 aliphatic carbocycles. The molecule has 0 aromatic carbocycles. The first kappa shape index (κ1) is 12.9. The van der Waals surface area contributed by atoms with Crippen molar-refractivity contribution < 1.29 is 4.74 Å². The van der Waals surface area contributed by atoms with E-state index in [2.05, 4.69) is 19.2 Å². The van der Waals surface area contributed by atoms with Gasteiger partial charge in [-0.1, -0.05) is 26.7 Å². The van der Waals surface area contributed by atoms with Crippen LogP contribution in [0.15, 0.2) is 0 Å². The molecule has 18 heavy (non-hydrogen) atoms. The van der Waals surface area contributed by atoms with Crippen LogP contribution in [0.25, 0.3) is 0 Å². The third-order valence-electron chi connectivity index (χ3n) is 5.74. The molecule has 1 N–H and O–H groups in total. The van der Waals surface area contributed by atoms with E-state index in [1.807, 2.05) is 0 Å². The van der Waals surface area contributed by atoms with Gasteiger partial charge in [-0.25, -0.2) is 0 Å². The van der Waals surface area contributed by atoms with E-state index in [4.69, 9.17) is 4.74 Å². The molecule has 1 atom stereocenters. The summed E-state index contributed by atoms with van der Waals surface area (Å²) in [5.41, 5.74) is 1.03. The van der Waals surface area contributed by atoms with Gasteiger partial charge in [-0.05, 0) is 50.4 Å².